The first-order chi connectivity index (χ1) is 13.9. The van der Waals surface area contributed by atoms with Crippen molar-refractivity contribution in [2.75, 3.05) is 12.8 Å². The Labute approximate surface area is 166 Å². The molecule has 1 atom stereocenters. The van der Waals surface area contributed by atoms with Crippen LogP contribution in [-0.2, 0) is 13.6 Å². The zero-order chi connectivity index (χ0) is 20.7. The van der Waals surface area contributed by atoms with E-state index in [0.29, 0.717) is 23.4 Å². The average Bonchev–Trinajstić information content (AvgIpc) is 2.98. The number of nitrogens with two attached hydrogens (primary N) is 1. The Hall–Kier alpha value is -3.71. The van der Waals surface area contributed by atoms with E-state index in [1.807, 2.05) is 0 Å². The summed E-state index contributed by atoms with van der Waals surface area (Å²) in [5.74, 6) is -0.0300. The van der Waals surface area contributed by atoms with Gasteiger partial charge in [-0.05, 0) is 30.2 Å². The lowest BCUT2D eigenvalue weighted by molar-refractivity contribution is -0.0449. The predicted octanol–water partition coefficient (Wildman–Crippen LogP) is 2.35. The van der Waals surface area contributed by atoms with Crippen LogP contribution < -0.4 is 15.3 Å². The van der Waals surface area contributed by atoms with Crippen LogP contribution in [-0.4, -0.2) is 31.9 Å². The van der Waals surface area contributed by atoms with E-state index in [2.05, 4.69) is 21.1 Å². The van der Waals surface area contributed by atoms with Gasteiger partial charge < -0.3 is 15.3 Å². The van der Waals surface area contributed by atoms with E-state index < -0.39 is 6.10 Å². The second kappa shape index (κ2) is 7.03. The molecule has 2 N–H and O–H groups in total. The van der Waals surface area contributed by atoms with Crippen molar-refractivity contribution in [2.24, 2.45) is 7.05 Å². The van der Waals surface area contributed by atoms with E-state index in [4.69, 9.17) is 15.3 Å². The van der Waals surface area contributed by atoms with Crippen molar-refractivity contribution in [3.63, 3.8) is 0 Å². The smallest absolute Gasteiger partial charge is 0.267 e. The molecule has 0 unspecified atom stereocenters. The minimum absolute atomic E-state index is 0.0811. The zero-order valence-electron chi connectivity index (χ0n) is 16.0. The number of ether oxygens (including phenoxy) is 1. The monoisotopic (exact) mass is 395 g/mol. The van der Waals surface area contributed by atoms with Crippen molar-refractivity contribution in [2.45, 2.75) is 19.6 Å². The van der Waals surface area contributed by atoms with Crippen LogP contribution in [0.5, 0.6) is 11.8 Å². The lowest BCUT2D eigenvalue weighted by Gasteiger charge is -2.23. The number of nitrogens with zero attached hydrogens (tertiary/aromatic N) is 6. The Kier molecular flexibility index (Phi) is 4.52. The Balaban J connectivity index is 1.93. The minimum Gasteiger partial charge on any atom is -0.467 e. The van der Waals surface area contributed by atoms with Crippen LogP contribution in [0.2, 0.25) is 0 Å². The van der Waals surface area contributed by atoms with Gasteiger partial charge in [-0.1, -0.05) is 6.07 Å². The highest BCUT2D eigenvalue weighted by molar-refractivity contribution is 5.71. The standard InChI is InChI=1S/C19H18FN7O2/c1-10-13-6-12(20)5-4-11(13)9-26(2)29-18-16(15(7-21)27(3)25-18)14-8-23-17(22)19(24-14)28-10/h4-6,8,10H,9H2,1-3H3,(H2,22,23)/t10-/m1/s1. The lowest BCUT2D eigenvalue weighted by Crippen LogP contribution is -2.24. The summed E-state index contributed by atoms with van der Waals surface area (Å²) in [6.07, 6.45) is 0.876. The van der Waals surface area contributed by atoms with Crippen molar-refractivity contribution < 1.29 is 14.0 Å². The molecule has 3 aromatic rings. The second-order valence-electron chi connectivity index (χ2n) is 6.69. The van der Waals surface area contributed by atoms with Gasteiger partial charge in [0, 0.05) is 14.1 Å². The number of rotatable bonds is 0. The normalized spacial score (nSPS) is 16.3. The minimum atomic E-state index is -0.552. The van der Waals surface area contributed by atoms with E-state index in [1.165, 1.54) is 23.0 Å². The van der Waals surface area contributed by atoms with Gasteiger partial charge in [-0.15, -0.1) is 10.2 Å². The molecule has 1 aliphatic rings. The molecule has 0 aliphatic carbocycles. The van der Waals surface area contributed by atoms with Crippen molar-refractivity contribution >= 4 is 5.82 Å². The SMILES string of the molecule is C[C@H]1Oc2nc(cnc2N)-c2c(nn(C)c2C#N)ON(C)Cc2ccc(F)cc21. The predicted molar refractivity (Wildman–Crippen MR) is 101 cm³/mol. The zero-order valence-corrected chi connectivity index (χ0v) is 16.0. The highest BCUT2D eigenvalue weighted by atomic mass is 19.1. The lowest BCUT2D eigenvalue weighted by atomic mass is 10.0. The molecule has 0 fully saturated rings. The molecule has 1 aliphatic heterocycles. The molecule has 0 spiro atoms. The molecule has 0 saturated carbocycles. The molecule has 4 rings (SSSR count). The van der Waals surface area contributed by atoms with Crippen LogP contribution in [0.1, 0.15) is 29.8 Å². The third-order valence-electron chi connectivity index (χ3n) is 4.61. The summed E-state index contributed by atoms with van der Waals surface area (Å²) >= 11 is 0. The van der Waals surface area contributed by atoms with Crippen LogP contribution in [0.4, 0.5) is 10.2 Å². The molecule has 29 heavy (non-hydrogen) atoms. The molecule has 148 valence electrons. The first-order valence-electron chi connectivity index (χ1n) is 8.81. The molecule has 2 aromatic heterocycles. The molecular formula is C19H18FN7O2. The number of aromatic nitrogens is 4. The Morgan fingerprint density at radius 3 is 2.86 bits per heavy atom. The summed E-state index contributed by atoms with van der Waals surface area (Å²) in [5.41, 5.74) is 8.34. The molecular weight excluding hydrogens is 377 g/mol. The van der Waals surface area contributed by atoms with Crippen LogP contribution in [0.15, 0.2) is 24.4 Å². The fraction of sp³-hybridized carbons (Fsp3) is 0.263. The third-order valence-corrected chi connectivity index (χ3v) is 4.61. The number of aryl methyl sites for hydroxylation is 1. The van der Waals surface area contributed by atoms with Crippen molar-refractivity contribution in [1.29, 1.82) is 5.26 Å². The molecule has 3 heterocycles. The van der Waals surface area contributed by atoms with E-state index in [-0.39, 0.29) is 29.1 Å². The first kappa shape index (κ1) is 18.6. The van der Waals surface area contributed by atoms with E-state index in [9.17, 15) is 9.65 Å². The fourth-order valence-corrected chi connectivity index (χ4v) is 3.25. The molecule has 0 radical (unpaired) electrons. The summed E-state index contributed by atoms with van der Waals surface area (Å²) in [7, 11) is 3.35. The number of hydrogen-bond acceptors (Lipinski definition) is 8. The Morgan fingerprint density at radius 1 is 1.31 bits per heavy atom. The highest BCUT2D eigenvalue weighted by Crippen LogP contribution is 2.35. The summed E-state index contributed by atoms with van der Waals surface area (Å²) in [6, 6.07) is 6.56. The van der Waals surface area contributed by atoms with Gasteiger partial charge in [0.15, 0.2) is 11.5 Å². The number of anilines is 1. The molecule has 9 nitrogen and oxygen atoms in total. The quantitative estimate of drug-likeness (QED) is 0.617. The van der Waals surface area contributed by atoms with Gasteiger partial charge in [0.25, 0.3) is 11.8 Å². The van der Waals surface area contributed by atoms with Gasteiger partial charge in [-0.3, -0.25) is 4.68 Å². The van der Waals surface area contributed by atoms with Crippen LogP contribution in [0.25, 0.3) is 11.3 Å². The van der Waals surface area contributed by atoms with Gasteiger partial charge in [-0.25, -0.2) is 14.4 Å². The summed E-state index contributed by atoms with van der Waals surface area (Å²) in [6.45, 7) is 2.10. The first-order valence-corrected chi connectivity index (χ1v) is 8.81. The van der Waals surface area contributed by atoms with E-state index in [0.717, 1.165) is 5.56 Å². The number of benzene rings is 1. The summed E-state index contributed by atoms with van der Waals surface area (Å²) in [5, 5.41) is 15.4. The Bertz CT molecular complexity index is 1140. The molecule has 0 saturated heterocycles. The van der Waals surface area contributed by atoms with Crippen LogP contribution >= 0.6 is 0 Å². The van der Waals surface area contributed by atoms with Gasteiger partial charge in [0.1, 0.15) is 29.2 Å². The fourth-order valence-electron chi connectivity index (χ4n) is 3.25. The summed E-state index contributed by atoms with van der Waals surface area (Å²) < 4.78 is 21.2. The Morgan fingerprint density at radius 2 is 2.10 bits per heavy atom. The van der Waals surface area contributed by atoms with E-state index >= 15 is 0 Å². The molecule has 10 heteroatoms. The number of hydrogen-bond donors (Lipinski definition) is 1. The summed E-state index contributed by atoms with van der Waals surface area (Å²) in [4.78, 5) is 14.5. The average molecular weight is 395 g/mol. The van der Waals surface area contributed by atoms with Crippen LogP contribution in [0.3, 0.4) is 0 Å². The molecule has 1 aromatic carbocycles. The highest BCUT2D eigenvalue weighted by Gasteiger charge is 2.26. The topological polar surface area (TPSA) is 115 Å². The number of fused-ring (bicyclic) bond motifs is 5. The van der Waals surface area contributed by atoms with Crippen molar-refractivity contribution in [3.8, 4) is 29.1 Å². The third kappa shape index (κ3) is 3.32. The van der Waals surface area contributed by atoms with Crippen molar-refractivity contribution in [1.82, 2.24) is 24.8 Å². The maximum atomic E-state index is 13.9. The second-order valence-corrected chi connectivity index (χ2v) is 6.69. The number of halogens is 1. The van der Waals surface area contributed by atoms with Gasteiger partial charge >= 0.3 is 0 Å². The maximum absolute atomic E-state index is 13.9. The number of nitriles is 1. The number of nitrogen functional groups attached to an aromatic ring is 1. The number of hydroxylamine groups is 2. The van der Waals surface area contributed by atoms with E-state index in [1.54, 1.807) is 32.1 Å². The van der Waals surface area contributed by atoms with Gasteiger partial charge in [0.05, 0.1) is 12.7 Å². The maximum Gasteiger partial charge on any atom is 0.267 e. The van der Waals surface area contributed by atoms with Gasteiger partial charge in [0.2, 0.25) is 0 Å². The molecule has 0 amide bonds. The van der Waals surface area contributed by atoms with Crippen LogP contribution in [0, 0.1) is 17.1 Å². The van der Waals surface area contributed by atoms with Gasteiger partial charge in [-0.2, -0.15) is 5.26 Å². The largest absolute Gasteiger partial charge is 0.467 e. The van der Waals surface area contributed by atoms with Crippen molar-refractivity contribution in [3.05, 3.63) is 47.0 Å². The molecule has 2 bridgehead atoms.